The Labute approximate surface area is 105 Å². The fourth-order valence-corrected chi connectivity index (χ4v) is 1.81. The molecule has 2 aromatic carbocycles. The van der Waals surface area contributed by atoms with E-state index in [1.807, 2.05) is 30.3 Å². The molecule has 6 N–H and O–H groups in total. The van der Waals surface area contributed by atoms with Gasteiger partial charge in [-0.25, -0.2) is 0 Å². The summed E-state index contributed by atoms with van der Waals surface area (Å²) in [7, 11) is 0. The molecule has 0 fully saturated rings. The monoisotopic (exact) mass is 241 g/mol. The highest BCUT2D eigenvalue weighted by Crippen LogP contribution is 2.17. The van der Waals surface area contributed by atoms with E-state index in [4.69, 9.17) is 16.6 Å². The largest absolute Gasteiger partial charge is 0.370 e. The second kappa shape index (κ2) is 5.18. The first kappa shape index (κ1) is 11.9. The van der Waals surface area contributed by atoms with E-state index in [1.54, 1.807) is 0 Å². The standard InChI is InChI=1S/C13H15N5/c14-12(15)18-13(16)17-8-10-6-3-5-9-4-1-2-7-11(9)10/h1-7H,8H2,(H6,14,15,16,17,18). The van der Waals surface area contributed by atoms with Gasteiger partial charge in [0.25, 0.3) is 0 Å². The molecule has 0 saturated heterocycles. The van der Waals surface area contributed by atoms with Gasteiger partial charge in [-0.05, 0) is 16.3 Å². The molecule has 0 saturated carbocycles. The minimum atomic E-state index is -0.245. The van der Waals surface area contributed by atoms with Crippen LogP contribution in [0.1, 0.15) is 5.56 Å². The lowest BCUT2D eigenvalue weighted by Gasteiger charge is -2.10. The Morgan fingerprint density at radius 2 is 1.78 bits per heavy atom. The van der Waals surface area contributed by atoms with Gasteiger partial charge < -0.3 is 11.1 Å². The van der Waals surface area contributed by atoms with Crippen molar-refractivity contribution in [3.05, 3.63) is 48.0 Å². The minimum Gasteiger partial charge on any atom is -0.370 e. The van der Waals surface area contributed by atoms with Crippen LogP contribution in [0.25, 0.3) is 10.8 Å². The Balaban J connectivity index is 2.12. The van der Waals surface area contributed by atoms with Gasteiger partial charge in [-0.15, -0.1) is 0 Å². The number of nitrogens with one attached hydrogen (secondary N) is 4. The SMILES string of the molecule is N=C(N)NC(=N)NCc1cccc2ccccc12. The zero-order valence-electron chi connectivity index (χ0n) is 9.83. The van der Waals surface area contributed by atoms with Crippen molar-refractivity contribution in [2.24, 2.45) is 5.73 Å². The minimum absolute atomic E-state index is 0.0236. The molecule has 0 aliphatic rings. The first-order chi connectivity index (χ1) is 8.66. The van der Waals surface area contributed by atoms with Gasteiger partial charge in [0, 0.05) is 6.54 Å². The number of benzene rings is 2. The van der Waals surface area contributed by atoms with Crippen molar-refractivity contribution in [1.82, 2.24) is 10.6 Å². The van der Waals surface area contributed by atoms with Crippen LogP contribution < -0.4 is 16.4 Å². The van der Waals surface area contributed by atoms with Crippen LogP contribution in [0.5, 0.6) is 0 Å². The normalized spacial score (nSPS) is 10.0. The zero-order chi connectivity index (χ0) is 13.0. The number of hydrogen-bond acceptors (Lipinski definition) is 2. The number of rotatable bonds is 2. The summed E-state index contributed by atoms with van der Waals surface area (Å²) in [6.07, 6.45) is 0. The van der Waals surface area contributed by atoms with Crippen LogP contribution >= 0.6 is 0 Å². The third-order valence-electron chi connectivity index (χ3n) is 2.60. The van der Waals surface area contributed by atoms with Crippen LogP contribution in [0.3, 0.4) is 0 Å². The lowest BCUT2D eigenvalue weighted by atomic mass is 10.0. The molecule has 0 radical (unpaired) electrons. The van der Waals surface area contributed by atoms with Gasteiger partial charge in [0.2, 0.25) is 0 Å². The topological polar surface area (TPSA) is 97.8 Å². The Kier molecular flexibility index (Phi) is 3.43. The number of fused-ring (bicyclic) bond motifs is 1. The van der Waals surface area contributed by atoms with Crippen molar-refractivity contribution >= 4 is 22.7 Å². The van der Waals surface area contributed by atoms with Gasteiger partial charge in [0.05, 0.1) is 0 Å². The number of hydrogen-bond donors (Lipinski definition) is 5. The van der Waals surface area contributed by atoms with E-state index in [1.165, 1.54) is 5.39 Å². The van der Waals surface area contributed by atoms with E-state index in [9.17, 15) is 0 Å². The first-order valence-electron chi connectivity index (χ1n) is 5.57. The van der Waals surface area contributed by atoms with Crippen molar-refractivity contribution in [1.29, 1.82) is 10.8 Å². The van der Waals surface area contributed by atoms with Crippen LogP contribution in [0, 0.1) is 10.8 Å². The highest BCUT2D eigenvalue weighted by molar-refractivity contribution is 5.95. The summed E-state index contributed by atoms with van der Waals surface area (Å²) in [6, 6.07) is 14.1. The van der Waals surface area contributed by atoms with Crippen molar-refractivity contribution in [2.45, 2.75) is 6.54 Å². The lowest BCUT2D eigenvalue weighted by Crippen LogP contribution is -2.42. The molecule has 0 amide bonds. The molecule has 0 atom stereocenters. The summed E-state index contributed by atoms with van der Waals surface area (Å²) in [5.41, 5.74) is 6.24. The molecule has 2 aromatic rings. The van der Waals surface area contributed by atoms with Crippen molar-refractivity contribution in [2.75, 3.05) is 0 Å². The van der Waals surface area contributed by atoms with Crippen LogP contribution in [-0.4, -0.2) is 11.9 Å². The highest BCUT2D eigenvalue weighted by Gasteiger charge is 2.01. The van der Waals surface area contributed by atoms with Gasteiger partial charge >= 0.3 is 0 Å². The summed E-state index contributed by atoms with van der Waals surface area (Å²) in [5, 5.41) is 22.2. The van der Waals surface area contributed by atoms with Gasteiger partial charge in [0.15, 0.2) is 11.9 Å². The van der Waals surface area contributed by atoms with E-state index in [0.717, 1.165) is 10.9 Å². The van der Waals surface area contributed by atoms with Gasteiger partial charge in [-0.1, -0.05) is 42.5 Å². The van der Waals surface area contributed by atoms with Crippen molar-refractivity contribution < 1.29 is 0 Å². The predicted octanol–water partition coefficient (Wildman–Crippen LogP) is 1.35. The summed E-state index contributed by atoms with van der Waals surface area (Å²) >= 11 is 0. The fraction of sp³-hybridized carbons (Fsp3) is 0.0769. The van der Waals surface area contributed by atoms with E-state index < -0.39 is 0 Å². The summed E-state index contributed by atoms with van der Waals surface area (Å²) in [5.74, 6) is -0.221. The maximum atomic E-state index is 7.53. The van der Waals surface area contributed by atoms with E-state index in [-0.39, 0.29) is 11.9 Å². The molecule has 18 heavy (non-hydrogen) atoms. The van der Waals surface area contributed by atoms with Crippen molar-refractivity contribution in [3.8, 4) is 0 Å². The lowest BCUT2D eigenvalue weighted by molar-refractivity contribution is 0.883. The number of guanidine groups is 2. The Morgan fingerprint density at radius 3 is 2.56 bits per heavy atom. The highest BCUT2D eigenvalue weighted by atomic mass is 15.2. The summed E-state index contributed by atoms with van der Waals surface area (Å²) in [4.78, 5) is 0. The third-order valence-corrected chi connectivity index (χ3v) is 2.60. The van der Waals surface area contributed by atoms with Gasteiger partial charge in [0.1, 0.15) is 0 Å². The molecule has 5 heteroatoms. The smallest absolute Gasteiger partial charge is 0.195 e. The Bertz CT molecular complexity index is 585. The maximum absolute atomic E-state index is 7.53. The Morgan fingerprint density at radius 1 is 1.06 bits per heavy atom. The fourth-order valence-electron chi connectivity index (χ4n) is 1.81. The predicted molar refractivity (Wildman–Crippen MR) is 73.6 cm³/mol. The number of nitrogens with two attached hydrogens (primary N) is 1. The van der Waals surface area contributed by atoms with E-state index in [0.29, 0.717) is 6.54 Å². The first-order valence-corrected chi connectivity index (χ1v) is 5.57. The second-order valence-electron chi connectivity index (χ2n) is 3.91. The summed E-state index contributed by atoms with van der Waals surface area (Å²) < 4.78 is 0. The molecule has 0 aromatic heterocycles. The molecule has 0 aliphatic carbocycles. The second-order valence-corrected chi connectivity index (χ2v) is 3.91. The average molecular weight is 241 g/mol. The molecule has 2 rings (SSSR count). The van der Waals surface area contributed by atoms with Crippen LogP contribution in [0.4, 0.5) is 0 Å². The third kappa shape index (κ3) is 2.76. The molecule has 0 heterocycles. The van der Waals surface area contributed by atoms with Gasteiger partial charge in [-0.2, -0.15) is 0 Å². The molecular formula is C13H15N5. The molecule has 5 nitrogen and oxygen atoms in total. The molecule has 0 bridgehead atoms. The molecule has 0 unspecified atom stereocenters. The van der Waals surface area contributed by atoms with Crippen molar-refractivity contribution in [3.63, 3.8) is 0 Å². The molecule has 0 spiro atoms. The zero-order valence-corrected chi connectivity index (χ0v) is 9.83. The van der Waals surface area contributed by atoms with Crippen LogP contribution in [-0.2, 0) is 6.54 Å². The van der Waals surface area contributed by atoms with Gasteiger partial charge in [-0.3, -0.25) is 16.1 Å². The quantitative estimate of drug-likeness (QED) is 0.405. The molecule has 0 aliphatic heterocycles. The molecular weight excluding hydrogens is 226 g/mol. The average Bonchev–Trinajstić information content (AvgIpc) is 2.35. The van der Waals surface area contributed by atoms with Crippen LogP contribution in [0.2, 0.25) is 0 Å². The maximum Gasteiger partial charge on any atom is 0.195 e. The Hall–Kier alpha value is -2.56. The molecule has 92 valence electrons. The van der Waals surface area contributed by atoms with Crippen LogP contribution in [0.15, 0.2) is 42.5 Å². The van der Waals surface area contributed by atoms with E-state index in [2.05, 4.69) is 22.8 Å². The van der Waals surface area contributed by atoms with E-state index >= 15 is 0 Å². The summed E-state index contributed by atoms with van der Waals surface area (Å²) in [6.45, 7) is 0.514.